The van der Waals surface area contributed by atoms with Crippen LogP contribution in [0.15, 0.2) is 3.15 Å². The van der Waals surface area contributed by atoms with E-state index in [9.17, 15) is 0 Å². The minimum absolute atomic E-state index is 0.324. The van der Waals surface area contributed by atoms with E-state index in [-0.39, 0.29) is 21.3 Å². The summed E-state index contributed by atoms with van der Waals surface area (Å²) in [5.41, 5.74) is 6.24. The first kappa shape index (κ1) is 7.10. The van der Waals surface area contributed by atoms with E-state index >= 15 is 0 Å². The second kappa shape index (κ2) is 2.48. The Morgan fingerprint density at radius 3 is 3.18 bits per heavy atom. The molecular weight excluding hydrogens is 277 g/mol. The van der Waals surface area contributed by atoms with Gasteiger partial charge in [0.15, 0.2) is 10.5 Å². The maximum absolute atomic E-state index is 5.42. The summed E-state index contributed by atoms with van der Waals surface area (Å²) in [5.74, 6) is 1.07. The summed E-state index contributed by atoms with van der Waals surface area (Å²) < 4.78 is 7.76. The van der Waals surface area contributed by atoms with Crippen LogP contribution < -0.4 is 9.26 Å². The number of anilines is 2. The molecule has 11 heavy (non-hydrogen) atoms. The molecule has 1 aromatic heterocycles. The Morgan fingerprint density at radius 1 is 1.55 bits per heavy atom. The van der Waals surface area contributed by atoms with Crippen molar-refractivity contribution in [3.05, 3.63) is 4.64 Å². The lowest BCUT2D eigenvalue weighted by Gasteiger charge is -1.97. The quantitative estimate of drug-likeness (QED) is 0.385. The molecule has 4 N–H and O–H groups in total. The van der Waals surface area contributed by atoms with Gasteiger partial charge in [0, 0.05) is 0 Å². The number of aromatic amines is 1. The third-order valence-electron chi connectivity index (χ3n) is 1.18. The molecule has 2 rings (SSSR count). The lowest BCUT2D eigenvalue weighted by atomic mass is 10.5. The predicted molar refractivity (Wildman–Crippen MR) is 53.6 cm³/mol. The van der Waals surface area contributed by atoms with Gasteiger partial charge in [0.2, 0.25) is 5.95 Å². The maximum Gasteiger partial charge on any atom is 0.200 e. The van der Waals surface area contributed by atoms with Gasteiger partial charge in [-0.2, -0.15) is 3.15 Å². The van der Waals surface area contributed by atoms with Gasteiger partial charge in [0.1, 0.15) is 27.0 Å². The number of H-pyrrole nitrogens is 1. The van der Waals surface area contributed by atoms with Gasteiger partial charge < -0.3 is 14.2 Å². The second-order valence-electron chi connectivity index (χ2n) is 1.91. The lowest BCUT2D eigenvalue weighted by molar-refractivity contribution is 1.17. The number of fused-ring (bicyclic) bond motifs is 1. The molecule has 0 atom stereocenters. The number of hydrogen-bond donors (Lipinski definition) is 3. The number of nitrogens with one attached hydrogen (secondary N) is 2. The SMILES string of the molecule is Nc1nc(=S)c2c([nH]1)N=IN2. The molecule has 0 unspecified atom stereocenters. The summed E-state index contributed by atoms with van der Waals surface area (Å²) in [6, 6.07) is 0. The summed E-state index contributed by atoms with van der Waals surface area (Å²) in [6.45, 7) is 0. The minimum Gasteiger partial charge on any atom is -0.369 e. The van der Waals surface area contributed by atoms with Crippen molar-refractivity contribution in [2.45, 2.75) is 0 Å². The fraction of sp³-hybridized carbons (Fsp3) is 0. The van der Waals surface area contributed by atoms with E-state index in [1.807, 2.05) is 0 Å². The molecule has 1 aliphatic rings. The Balaban J connectivity index is 2.76. The number of nitrogens with zero attached hydrogens (tertiary/aromatic N) is 2. The normalized spacial score (nSPS) is 13.5. The van der Waals surface area contributed by atoms with E-state index in [1.54, 1.807) is 0 Å². The second-order valence-corrected chi connectivity index (χ2v) is 3.81. The third-order valence-corrected chi connectivity index (χ3v) is 2.98. The number of nitrogen functional groups attached to an aromatic ring is 1. The fourth-order valence-electron chi connectivity index (χ4n) is 0.733. The van der Waals surface area contributed by atoms with Crippen molar-refractivity contribution in [1.29, 1.82) is 0 Å². The number of halogens is 1. The number of hydrogen-bond acceptors (Lipinski definition) is 5. The molecule has 0 radical (unpaired) electrons. The molecule has 0 fully saturated rings. The first-order valence-corrected chi connectivity index (χ1v) is 5.22. The summed E-state index contributed by atoms with van der Waals surface area (Å²) in [7, 11) is 0. The minimum atomic E-state index is -0.336. The molecule has 1 aromatic rings. The van der Waals surface area contributed by atoms with Crippen LogP contribution in [0.3, 0.4) is 0 Å². The van der Waals surface area contributed by atoms with Crippen LogP contribution in [0, 0.1) is 4.64 Å². The molecule has 0 spiro atoms. The van der Waals surface area contributed by atoms with Crippen molar-refractivity contribution in [3.8, 4) is 0 Å². The highest BCUT2D eigenvalue weighted by Gasteiger charge is 2.09. The van der Waals surface area contributed by atoms with E-state index < -0.39 is 0 Å². The molecule has 1 aliphatic heterocycles. The monoisotopic (exact) mass is 281 g/mol. The van der Waals surface area contributed by atoms with Crippen LogP contribution >= 0.6 is 33.5 Å². The van der Waals surface area contributed by atoms with Crippen molar-refractivity contribution in [3.63, 3.8) is 0 Å². The highest BCUT2D eigenvalue weighted by molar-refractivity contribution is 14.2. The van der Waals surface area contributed by atoms with Gasteiger partial charge in [-0.3, -0.25) is 0 Å². The molecule has 0 saturated carbocycles. The van der Waals surface area contributed by atoms with Crippen molar-refractivity contribution >= 4 is 51.0 Å². The molecule has 0 aromatic carbocycles. The van der Waals surface area contributed by atoms with Gasteiger partial charge in [0.25, 0.3) is 0 Å². The lowest BCUT2D eigenvalue weighted by Crippen LogP contribution is -1.95. The Bertz CT molecular complexity index is 383. The van der Waals surface area contributed by atoms with E-state index in [0.717, 1.165) is 11.5 Å². The number of nitrogens with two attached hydrogens (primary N) is 1. The third kappa shape index (κ3) is 1.13. The highest BCUT2D eigenvalue weighted by atomic mass is 127. The van der Waals surface area contributed by atoms with E-state index in [1.165, 1.54) is 0 Å². The topological polar surface area (TPSA) is 79.1 Å². The fourth-order valence-corrected chi connectivity index (χ4v) is 2.64. The van der Waals surface area contributed by atoms with Crippen molar-refractivity contribution in [1.82, 2.24) is 9.97 Å². The Kier molecular flexibility index (Phi) is 1.60. The number of rotatable bonds is 0. The Hall–Kier alpha value is -0.570. The van der Waals surface area contributed by atoms with Crippen molar-refractivity contribution < 1.29 is 0 Å². The Labute approximate surface area is 77.9 Å². The molecular formula is C4H4IN5S. The van der Waals surface area contributed by atoms with Gasteiger partial charge >= 0.3 is 0 Å². The van der Waals surface area contributed by atoms with Gasteiger partial charge in [-0.25, -0.2) is 4.98 Å². The summed E-state index contributed by atoms with van der Waals surface area (Å²) in [5, 5.41) is 0. The molecule has 0 saturated heterocycles. The smallest absolute Gasteiger partial charge is 0.200 e. The van der Waals surface area contributed by atoms with Crippen LogP contribution in [-0.2, 0) is 0 Å². The van der Waals surface area contributed by atoms with Gasteiger partial charge in [-0.15, -0.1) is 0 Å². The number of aromatic nitrogens is 2. The zero-order chi connectivity index (χ0) is 7.84. The van der Waals surface area contributed by atoms with Gasteiger partial charge in [-0.1, -0.05) is 12.2 Å². The standard InChI is InChI=1S/C4H4IN5S/c6-4-7-2-1(3(11)8-4)9-5-10-2/h(H4,6,7,8,9,10,11). The van der Waals surface area contributed by atoms with Gasteiger partial charge in [-0.05, 0) is 0 Å². The zero-order valence-corrected chi connectivity index (χ0v) is 8.23. The van der Waals surface area contributed by atoms with Crippen LogP contribution in [0.2, 0.25) is 0 Å². The molecule has 2 heterocycles. The maximum atomic E-state index is 5.42. The first-order valence-electron chi connectivity index (χ1n) is 2.77. The summed E-state index contributed by atoms with van der Waals surface area (Å²) in [6.07, 6.45) is 0. The van der Waals surface area contributed by atoms with E-state index in [2.05, 4.69) is 16.6 Å². The summed E-state index contributed by atoms with van der Waals surface area (Å²) in [4.78, 5) is 6.70. The van der Waals surface area contributed by atoms with E-state index in [4.69, 9.17) is 18.0 Å². The average Bonchev–Trinajstić information content (AvgIpc) is 2.34. The molecule has 0 amide bonds. The summed E-state index contributed by atoms with van der Waals surface area (Å²) >= 11 is 4.61. The molecule has 7 heteroatoms. The molecule has 0 aliphatic carbocycles. The molecule has 0 bridgehead atoms. The molecule has 58 valence electrons. The highest BCUT2D eigenvalue weighted by Crippen LogP contribution is 2.34. The largest absolute Gasteiger partial charge is 0.369 e. The van der Waals surface area contributed by atoms with Gasteiger partial charge in [0.05, 0.1) is 0 Å². The van der Waals surface area contributed by atoms with Crippen LogP contribution in [0.4, 0.5) is 17.5 Å². The zero-order valence-electron chi connectivity index (χ0n) is 5.26. The molecule has 5 nitrogen and oxygen atoms in total. The van der Waals surface area contributed by atoms with Crippen LogP contribution in [-0.4, -0.2) is 9.97 Å². The van der Waals surface area contributed by atoms with Crippen LogP contribution in [0.25, 0.3) is 0 Å². The van der Waals surface area contributed by atoms with E-state index in [0.29, 0.717) is 10.6 Å². The van der Waals surface area contributed by atoms with Crippen LogP contribution in [0.1, 0.15) is 0 Å². The van der Waals surface area contributed by atoms with Crippen molar-refractivity contribution in [2.75, 3.05) is 9.26 Å². The average molecular weight is 281 g/mol. The Morgan fingerprint density at radius 2 is 2.36 bits per heavy atom. The predicted octanol–water partition coefficient (Wildman–Crippen LogP) is 1.85. The first-order chi connectivity index (χ1) is 5.27. The van der Waals surface area contributed by atoms with Crippen molar-refractivity contribution in [2.24, 2.45) is 3.15 Å². The van der Waals surface area contributed by atoms with Crippen LogP contribution in [0.5, 0.6) is 0 Å².